The SMILES string of the molecule is Cc1nc(-c2ccccn2)nc(NCc2ccc(COCC(F)(F)F)cc2)c1C. The molecule has 0 fully saturated rings. The maximum absolute atomic E-state index is 12.1. The van der Waals surface area contributed by atoms with E-state index in [0.29, 0.717) is 23.6 Å². The van der Waals surface area contributed by atoms with Gasteiger partial charge in [0.25, 0.3) is 0 Å². The molecule has 2 aromatic heterocycles. The summed E-state index contributed by atoms with van der Waals surface area (Å²) in [7, 11) is 0. The van der Waals surface area contributed by atoms with Gasteiger partial charge in [-0.25, -0.2) is 9.97 Å². The minimum atomic E-state index is -4.31. The van der Waals surface area contributed by atoms with E-state index in [1.165, 1.54) is 0 Å². The van der Waals surface area contributed by atoms with E-state index in [-0.39, 0.29) is 6.61 Å². The van der Waals surface area contributed by atoms with Crippen LogP contribution in [0.5, 0.6) is 0 Å². The van der Waals surface area contributed by atoms with E-state index < -0.39 is 12.8 Å². The number of aromatic nitrogens is 3. The van der Waals surface area contributed by atoms with Crippen molar-refractivity contribution in [3.63, 3.8) is 0 Å². The molecule has 0 aliphatic rings. The average Bonchev–Trinajstić information content (AvgIpc) is 2.70. The molecule has 0 spiro atoms. The molecule has 3 aromatic rings. The number of rotatable bonds is 7. The highest BCUT2D eigenvalue weighted by atomic mass is 19.4. The molecule has 29 heavy (non-hydrogen) atoms. The second kappa shape index (κ2) is 9.00. The molecule has 152 valence electrons. The molecule has 0 aliphatic carbocycles. The summed E-state index contributed by atoms with van der Waals surface area (Å²) >= 11 is 0. The van der Waals surface area contributed by atoms with Crippen LogP contribution in [0.1, 0.15) is 22.4 Å². The smallest absolute Gasteiger partial charge is 0.367 e. The lowest BCUT2D eigenvalue weighted by Gasteiger charge is -2.13. The van der Waals surface area contributed by atoms with Crippen molar-refractivity contribution >= 4 is 5.82 Å². The van der Waals surface area contributed by atoms with Gasteiger partial charge < -0.3 is 10.1 Å². The van der Waals surface area contributed by atoms with Crippen LogP contribution >= 0.6 is 0 Å². The summed E-state index contributed by atoms with van der Waals surface area (Å²) in [6.07, 6.45) is -2.62. The normalized spacial score (nSPS) is 11.5. The number of hydrogen-bond acceptors (Lipinski definition) is 5. The first kappa shape index (κ1) is 20.7. The molecule has 3 rings (SSSR count). The third-order valence-corrected chi connectivity index (χ3v) is 4.30. The first-order chi connectivity index (χ1) is 13.8. The largest absolute Gasteiger partial charge is 0.411 e. The fourth-order valence-corrected chi connectivity index (χ4v) is 2.63. The third kappa shape index (κ3) is 5.99. The lowest BCUT2D eigenvalue weighted by Crippen LogP contribution is -2.16. The van der Waals surface area contributed by atoms with Crippen molar-refractivity contribution in [3.05, 3.63) is 71.0 Å². The van der Waals surface area contributed by atoms with Crippen LogP contribution in [-0.4, -0.2) is 27.7 Å². The molecule has 5 nitrogen and oxygen atoms in total. The lowest BCUT2D eigenvalue weighted by atomic mass is 10.1. The number of ether oxygens (including phenoxy) is 1. The highest BCUT2D eigenvalue weighted by Gasteiger charge is 2.27. The maximum atomic E-state index is 12.1. The number of nitrogens with zero attached hydrogens (tertiary/aromatic N) is 3. The molecule has 0 bridgehead atoms. The van der Waals surface area contributed by atoms with Crippen molar-refractivity contribution in [2.24, 2.45) is 0 Å². The molecule has 0 radical (unpaired) electrons. The predicted octanol–water partition coefficient (Wildman–Crippen LogP) is 4.85. The summed E-state index contributed by atoms with van der Waals surface area (Å²) in [5, 5.41) is 3.30. The minimum Gasteiger partial charge on any atom is -0.367 e. The maximum Gasteiger partial charge on any atom is 0.411 e. The van der Waals surface area contributed by atoms with E-state index >= 15 is 0 Å². The molecule has 0 atom stereocenters. The standard InChI is InChI=1S/C21H21F3N4O/c1-14-15(2)27-20(18-5-3-4-10-25-18)28-19(14)26-11-16-6-8-17(9-7-16)12-29-13-21(22,23)24/h3-10H,11-13H2,1-2H3,(H,26,27,28). The van der Waals surface area contributed by atoms with Gasteiger partial charge in [-0.05, 0) is 37.1 Å². The van der Waals surface area contributed by atoms with Gasteiger partial charge in [-0.15, -0.1) is 0 Å². The molecular weight excluding hydrogens is 381 g/mol. The molecule has 0 saturated heterocycles. The van der Waals surface area contributed by atoms with Crippen LogP contribution in [-0.2, 0) is 17.9 Å². The van der Waals surface area contributed by atoms with E-state index in [1.807, 2.05) is 44.2 Å². The number of pyridine rings is 1. The lowest BCUT2D eigenvalue weighted by molar-refractivity contribution is -0.176. The Morgan fingerprint density at radius 2 is 1.69 bits per heavy atom. The molecule has 2 heterocycles. The van der Waals surface area contributed by atoms with Crippen LogP contribution in [0, 0.1) is 13.8 Å². The number of anilines is 1. The Labute approximate surface area is 167 Å². The molecule has 0 unspecified atom stereocenters. The monoisotopic (exact) mass is 402 g/mol. The van der Waals surface area contributed by atoms with Crippen molar-refractivity contribution in [1.29, 1.82) is 0 Å². The summed E-state index contributed by atoms with van der Waals surface area (Å²) < 4.78 is 41.1. The second-order valence-electron chi connectivity index (χ2n) is 6.60. The molecule has 1 N–H and O–H groups in total. The summed E-state index contributed by atoms with van der Waals surface area (Å²) in [5.74, 6) is 1.27. The van der Waals surface area contributed by atoms with E-state index in [9.17, 15) is 13.2 Å². The molecule has 8 heteroatoms. The number of benzene rings is 1. The van der Waals surface area contributed by atoms with E-state index in [4.69, 9.17) is 0 Å². The van der Waals surface area contributed by atoms with Gasteiger partial charge in [-0.2, -0.15) is 13.2 Å². The zero-order valence-corrected chi connectivity index (χ0v) is 16.1. The molecule has 1 aromatic carbocycles. The van der Waals surface area contributed by atoms with Crippen molar-refractivity contribution in [2.45, 2.75) is 33.2 Å². The Morgan fingerprint density at radius 3 is 2.34 bits per heavy atom. The fourth-order valence-electron chi connectivity index (χ4n) is 2.63. The highest BCUT2D eigenvalue weighted by Crippen LogP contribution is 2.21. The van der Waals surface area contributed by atoms with Crippen LogP contribution in [0.4, 0.5) is 19.0 Å². The summed E-state index contributed by atoms with van der Waals surface area (Å²) in [6, 6.07) is 12.8. The van der Waals surface area contributed by atoms with Crippen LogP contribution < -0.4 is 5.32 Å². The van der Waals surface area contributed by atoms with Gasteiger partial charge in [-0.1, -0.05) is 30.3 Å². The highest BCUT2D eigenvalue weighted by molar-refractivity contribution is 5.56. The Hall–Kier alpha value is -3.00. The fraction of sp³-hybridized carbons (Fsp3) is 0.286. The molecule has 0 saturated carbocycles. The van der Waals surface area contributed by atoms with Crippen molar-refractivity contribution in [2.75, 3.05) is 11.9 Å². The third-order valence-electron chi connectivity index (χ3n) is 4.30. The Bertz CT molecular complexity index is 945. The number of hydrogen-bond donors (Lipinski definition) is 1. The molecular formula is C21H21F3N4O. The minimum absolute atomic E-state index is 0.0785. The van der Waals surface area contributed by atoms with Crippen LogP contribution in [0.2, 0.25) is 0 Å². The Morgan fingerprint density at radius 1 is 0.966 bits per heavy atom. The predicted molar refractivity (Wildman–Crippen MR) is 104 cm³/mol. The summed E-state index contributed by atoms with van der Waals surface area (Å²) in [6.45, 7) is 3.06. The second-order valence-corrected chi connectivity index (χ2v) is 6.60. The van der Waals surface area contributed by atoms with Gasteiger partial charge in [0.05, 0.1) is 6.61 Å². The summed E-state index contributed by atoms with van der Waals surface area (Å²) in [5.41, 5.74) is 4.16. The van der Waals surface area contributed by atoms with Crippen LogP contribution in [0.15, 0.2) is 48.7 Å². The molecule has 0 amide bonds. The summed E-state index contributed by atoms with van der Waals surface area (Å²) in [4.78, 5) is 13.4. The van der Waals surface area contributed by atoms with Gasteiger partial charge >= 0.3 is 6.18 Å². The van der Waals surface area contributed by atoms with Gasteiger partial charge in [0.15, 0.2) is 5.82 Å². The Kier molecular flexibility index (Phi) is 6.43. The Balaban J connectivity index is 1.64. The van der Waals surface area contributed by atoms with Gasteiger partial charge in [-0.3, -0.25) is 4.98 Å². The van der Waals surface area contributed by atoms with Gasteiger partial charge in [0, 0.05) is 24.0 Å². The number of alkyl halides is 3. The number of halogens is 3. The topological polar surface area (TPSA) is 59.9 Å². The van der Waals surface area contributed by atoms with E-state index in [2.05, 4.69) is 25.0 Å². The first-order valence-electron chi connectivity index (χ1n) is 9.04. The van der Waals surface area contributed by atoms with E-state index in [1.54, 1.807) is 18.3 Å². The van der Waals surface area contributed by atoms with Crippen molar-refractivity contribution < 1.29 is 17.9 Å². The number of aryl methyl sites for hydroxylation is 1. The quantitative estimate of drug-likeness (QED) is 0.612. The molecule has 0 aliphatic heterocycles. The van der Waals surface area contributed by atoms with Gasteiger partial charge in [0.2, 0.25) is 0 Å². The zero-order chi connectivity index (χ0) is 20.9. The van der Waals surface area contributed by atoms with Crippen molar-refractivity contribution in [3.8, 4) is 11.5 Å². The van der Waals surface area contributed by atoms with Gasteiger partial charge in [0.1, 0.15) is 18.1 Å². The first-order valence-corrected chi connectivity index (χ1v) is 9.04. The van der Waals surface area contributed by atoms with E-state index in [0.717, 1.165) is 22.6 Å². The van der Waals surface area contributed by atoms with Crippen LogP contribution in [0.25, 0.3) is 11.5 Å². The number of nitrogens with one attached hydrogen (secondary N) is 1. The van der Waals surface area contributed by atoms with Crippen LogP contribution in [0.3, 0.4) is 0 Å². The average molecular weight is 402 g/mol. The zero-order valence-electron chi connectivity index (χ0n) is 16.1. The van der Waals surface area contributed by atoms with Crippen molar-refractivity contribution in [1.82, 2.24) is 15.0 Å².